The van der Waals surface area contributed by atoms with Gasteiger partial charge in [-0.05, 0) is 30.7 Å². The maximum absolute atomic E-state index is 5.88. The highest BCUT2D eigenvalue weighted by Gasteiger charge is 1.95. The lowest BCUT2D eigenvalue weighted by Gasteiger charge is -2.08. The molecule has 0 aliphatic carbocycles. The second kappa shape index (κ2) is 7.66. The lowest BCUT2D eigenvalue weighted by molar-refractivity contribution is 0.118. The Bertz CT molecular complexity index is 302. The second-order valence-corrected chi connectivity index (χ2v) is 4.58. The second-order valence-electron chi connectivity index (χ2n) is 4.14. The molecule has 2 nitrogen and oxygen atoms in total. The highest BCUT2D eigenvalue weighted by Crippen LogP contribution is 2.11. The fourth-order valence-electron chi connectivity index (χ4n) is 1.38. The molecule has 0 aliphatic rings. The molecule has 90 valence electrons. The van der Waals surface area contributed by atoms with E-state index >= 15 is 0 Å². The zero-order valence-electron chi connectivity index (χ0n) is 10.0. The molecule has 0 aromatic heterocycles. The summed E-state index contributed by atoms with van der Waals surface area (Å²) in [5.74, 6) is 0. The van der Waals surface area contributed by atoms with Gasteiger partial charge < -0.3 is 10.1 Å². The Labute approximate surface area is 103 Å². The van der Waals surface area contributed by atoms with E-state index in [-0.39, 0.29) is 0 Å². The summed E-state index contributed by atoms with van der Waals surface area (Å²) >= 11 is 5.88. The number of ether oxygens (including phenoxy) is 1. The van der Waals surface area contributed by atoms with E-state index in [1.807, 2.05) is 24.3 Å². The van der Waals surface area contributed by atoms with Crippen molar-refractivity contribution in [1.29, 1.82) is 0 Å². The SMILES string of the molecule is CC(C)NCCCOCc1cccc(Cl)c1. The molecule has 0 saturated carbocycles. The van der Waals surface area contributed by atoms with Gasteiger partial charge in [0.1, 0.15) is 0 Å². The smallest absolute Gasteiger partial charge is 0.0717 e. The number of rotatable bonds is 7. The first kappa shape index (κ1) is 13.5. The number of hydrogen-bond donors (Lipinski definition) is 1. The first-order chi connectivity index (χ1) is 7.68. The van der Waals surface area contributed by atoms with Crippen molar-refractivity contribution in [2.75, 3.05) is 13.2 Å². The summed E-state index contributed by atoms with van der Waals surface area (Å²) in [6.45, 7) is 6.72. The van der Waals surface area contributed by atoms with Crippen molar-refractivity contribution in [2.45, 2.75) is 32.9 Å². The predicted molar refractivity (Wildman–Crippen MR) is 68.9 cm³/mol. The van der Waals surface area contributed by atoms with E-state index in [0.717, 1.165) is 30.2 Å². The lowest BCUT2D eigenvalue weighted by Crippen LogP contribution is -2.24. The van der Waals surface area contributed by atoms with Crippen LogP contribution < -0.4 is 5.32 Å². The average molecular weight is 242 g/mol. The van der Waals surface area contributed by atoms with Crippen LogP contribution in [0.2, 0.25) is 5.02 Å². The van der Waals surface area contributed by atoms with Crippen molar-refractivity contribution in [1.82, 2.24) is 5.32 Å². The Kier molecular flexibility index (Phi) is 6.46. The summed E-state index contributed by atoms with van der Waals surface area (Å²) in [4.78, 5) is 0. The van der Waals surface area contributed by atoms with E-state index in [9.17, 15) is 0 Å². The molecule has 0 bridgehead atoms. The van der Waals surface area contributed by atoms with Crippen LogP contribution in [0.15, 0.2) is 24.3 Å². The van der Waals surface area contributed by atoms with Gasteiger partial charge in [0, 0.05) is 17.7 Å². The number of hydrogen-bond acceptors (Lipinski definition) is 2. The molecule has 3 heteroatoms. The zero-order chi connectivity index (χ0) is 11.8. The number of benzene rings is 1. The maximum atomic E-state index is 5.88. The summed E-state index contributed by atoms with van der Waals surface area (Å²) in [7, 11) is 0. The lowest BCUT2D eigenvalue weighted by atomic mass is 10.2. The van der Waals surface area contributed by atoms with Crippen molar-refractivity contribution in [3.05, 3.63) is 34.9 Å². The van der Waals surface area contributed by atoms with Gasteiger partial charge in [-0.15, -0.1) is 0 Å². The molecule has 1 rings (SSSR count). The number of nitrogens with one attached hydrogen (secondary N) is 1. The van der Waals surface area contributed by atoms with Gasteiger partial charge in [-0.1, -0.05) is 37.6 Å². The molecular weight excluding hydrogens is 222 g/mol. The molecule has 0 unspecified atom stereocenters. The summed E-state index contributed by atoms with van der Waals surface area (Å²) in [6, 6.07) is 8.33. The molecule has 1 aromatic carbocycles. The van der Waals surface area contributed by atoms with Gasteiger partial charge in [-0.3, -0.25) is 0 Å². The van der Waals surface area contributed by atoms with Crippen LogP contribution in [0.4, 0.5) is 0 Å². The summed E-state index contributed by atoms with van der Waals surface area (Å²) in [6.07, 6.45) is 1.04. The van der Waals surface area contributed by atoms with E-state index in [1.165, 1.54) is 0 Å². The van der Waals surface area contributed by atoms with Crippen molar-refractivity contribution < 1.29 is 4.74 Å². The minimum Gasteiger partial charge on any atom is -0.377 e. The minimum atomic E-state index is 0.549. The van der Waals surface area contributed by atoms with Crippen LogP contribution >= 0.6 is 11.6 Å². The van der Waals surface area contributed by atoms with E-state index < -0.39 is 0 Å². The molecule has 0 spiro atoms. The predicted octanol–water partition coefficient (Wildman–Crippen LogP) is 3.24. The van der Waals surface area contributed by atoms with Crippen molar-refractivity contribution in [3.8, 4) is 0 Å². The van der Waals surface area contributed by atoms with Crippen LogP contribution in [0, 0.1) is 0 Å². The third-order valence-corrected chi connectivity index (χ3v) is 2.41. The van der Waals surface area contributed by atoms with Crippen LogP contribution in [-0.2, 0) is 11.3 Å². The van der Waals surface area contributed by atoms with Crippen molar-refractivity contribution in [2.24, 2.45) is 0 Å². The Hall–Kier alpha value is -0.570. The molecule has 0 heterocycles. The maximum Gasteiger partial charge on any atom is 0.0717 e. The summed E-state index contributed by atoms with van der Waals surface area (Å²) in [5, 5.41) is 4.12. The molecule has 0 amide bonds. The largest absolute Gasteiger partial charge is 0.377 e. The van der Waals surface area contributed by atoms with Crippen LogP contribution in [0.5, 0.6) is 0 Å². The van der Waals surface area contributed by atoms with E-state index in [2.05, 4.69) is 19.2 Å². The van der Waals surface area contributed by atoms with Gasteiger partial charge in [0.25, 0.3) is 0 Å². The molecule has 0 saturated heterocycles. The van der Waals surface area contributed by atoms with Gasteiger partial charge in [-0.25, -0.2) is 0 Å². The summed E-state index contributed by atoms with van der Waals surface area (Å²) in [5.41, 5.74) is 1.13. The number of halogens is 1. The topological polar surface area (TPSA) is 21.3 Å². The van der Waals surface area contributed by atoms with Crippen LogP contribution in [0.1, 0.15) is 25.8 Å². The molecule has 0 radical (unpaired) electrons. The molecule has 16 heavy (non-hydrogen) atoms. The molecular formula is C13H20ClNO. The first-order valence-corrected chi connectivity index (χ1v) is 6.12. The van der Waals surface area contributed by atoms with E-state index in [4.69, 9.17) is 16.3 Å². The monoisotopic (exact) mass is 241 g/mol. The third-order valence-electron chi connectivity index (χ3n) is 2.18. The van der Waals surface area contributed by atoms with Gasteiger partial charge in [0.2, 0.25) is 0 Å². The van der Waals surface area contributed by atoms with E-state index in [0.29, 0.717) is 12.6 Å². The Balaban J connectivity index is 2.07. The van der Waals surface area contributed by atoms with Gasteiger partial charge in [0.15, 0.2) is 0 Å². The molecule has 0 aliphatic heterocycles. The molecule has 1 N–H and O–H groups in total. The minimum absolute atomic E-state index is 0.549. The van der Waals surface area contributed by atoms with E-state index in [1.54, 1.807) is 0 Å². The van der Waals surface area contributed by atoms with Gasteiger partial charge >= 0.3 is 0 Å². The zero-order valence-corrected chi connectivity index (χ0v) is 10.8. The third kappa shape index (κ3) is 6.11. The van der Waals surface area contributed by atoms with Crippen LogP contribution in [0.3, 0.4) is 0 Å². The standard InChI is InChI=1S/C13H20ClNO/c1-11(2)15-7-4-8-16-10-12-5-3-6-13(14)9-12/h3,5-6,9,11,15H,4,7-8,10H2,1-2H3. The Morgan fingerprint density at radius 3 is 2.88 bits per heavy atom. The Morgan fingerprint density at radius 2 is 2.19 bits per heavy atom. The van der Waals surface area contributed by atoms with Crippen molar-refractivity contribution >= 4 is 11.6 Å². The fourth-order valence-corrected chi connectivity index (χ4v) is 1.59. The van der Waals surface area contributed by atoms with Crippen LogP contribution in [0.25, 0.3) is 0 Å². The van der Waals surface area contributed by atoms with Crippen molar-refractivity contribution in [3.63, 3.8) is 0 Å². The van der Waals surface area contributed by atoms with Crippen LogP contribution in [-0.4, -0.2) is 19.2 Å². The molecule has 0 fully saturated rings. The van der Waals surface area contributed by atoms with Gasteiger partial charge in [-0.2, -0.15) is 0 Å². The normalized spacial score (nSPS) is 11.0. The fraction of sp³-hybridized carbons (Fsp3) is 0.538. The first-order valence-electron chi connectivity index (χ1n) is 5.74. The Morgan fingerprint density at radius 1 is 1.38 bits per heavy atom. The van der Waals surface area contributed by atoms with Gasteiger partial charge in [0.05, 0.1) is 6.61 Å². The summed E-state index contributed by atoms with van der Waals surface area (Å²) < 4.78 is 5.56. The quantitative estimate of drug-likeness (QED) is 0.740. The highest BCUT2D eigenvalue weighted by atomic mass is 35.5. The average Bonchev–Trinajstić information content (AvgIpc) is 2.23. The molecule has 1 aromatic rings. The molecule has 0 atom stereocenters. The highest BCUT2D eigenvalue weighted by molar-refractivity contribution is 6.30.